The fourth-order valence-corrected chi connectivity index (χ4v) is 4.90. The van der Waals surface area contributed by atoms with Crippen LogP contribution >= 0.6 is 0 Å². The zero-order valence-corrected chi connectivity index (χ0v) is 25.7. The molecule has 0 N–H and O–H groups in total. The van der Waals surface area contributed by atoms with Gasteiger partial charge in [0.1, 0.15) is 0 Å². The number of nitrogens with zero attached hydrogens (tertiary/aromatic N) is 2. The Labute approximate surface area is 241 Å². The van der Waals surface area contributed by atoms with E-state index < -0.39 is 0 Å². The van der Waals surface area contributed by atoms with E-state index in [0.717, 1.165) is 22.6 Å². The number of hydrogen-bond acceptors (Lipinski definition) is 1. The van der Waals surface area contributed by atoms with Crippen LogP contribution < -0.4 is 0 Å². The van der Waals surface area contributed by atoms with Crippen LogP contribution in [0.15, 0.2) is 97.1 Å². The van der Waals surface area contributed by atoms with Crippen LogP contribution in [0.5, 0.6) is 0 Å². The summed E-state index contributed by atoms with van der Waals surface area (Å²) in [4.78, 5) is 5.25. The fraction of sp³-hybridized carbons (Fsp3) is 0.147. The molecule has 4 aromatic carbocycles. The summed E-state index contributed by atoms with van der Waals surface area (Å²) in [5, 5.41) is 7.74. The van der Waals surface area contributed by atoms with E-state index in [1.54, 1.807) is 0 Å². The molecule has 0 amide bonds. The van der Waals surface area contributed by atoms with Gasteiger partial charge in [-0.05, 0) is 55.3 Å². The summed E-state index contributed by atoms with van der Waals surface area (Å²) in [5.74, 6) is 0. The third-order valence-corrected chi connectivity index (χ3v) is 6.77. The summed E-state index contributed by atoms with van der Waals surface area (Å²) >= 11 is 0. The van der Waals surface area contributed by atoms with Gasteiger partial charge < -0.3 is 19.7 Å². The smallest absolute Gasteiger partial charge is 0.0712 e. The van der Waals surface area contributed by atoms with Crippen LogP contribution in [-0.4, -0.2) is 4.98 Å². The molecule has 1 atom stereocenters. The van der Waals surface area contributed by atoms with Crippen molar-refractivity contribution in [3.8, 4) is 11.3 Å². The summed E-state index contributed by atoms with van der Waals surface area (Å²) in [7, 11) is 0. The standard InChI is InChI=1S/C33H30N2.CH3.Hf/c1-5-25-20-21-26-15-7-9-17-28(26)31(25)29-18-11-19-30(34-29)33(27-16-8-6-12-22(27)2)35-32-23(3)13-10-14-24(32)4;;/h6-21,33H,1,5H2,2-4H3;1H3;/q-2;-1;. The largest absolute Gasteiger partial charge is 0.673 e. The van der Waals surface area contributed by atoms with Crippen molar-refractivity contribution in [1.29, 1.82) is 0 Å². The van der Waals surface area contributed by atoms with Crippen LogP contribution in [0.4, 0.5) is 5.69 Å². The molecule has 0 aliphatic heterocycles. The molecule has 0 bridgehead atoms. The Morgan fingerprint density at radius 3 is 2.11 bits per heavy atom. The Kier molecular flexibility index (Phi) is 9.62. The van der Waals surface area contributed by atoms with Gasteiger partial charge in [-0.3, -0.25) is 4.98 Å². The van der Waals surface area contributed by atoms with Crippen LogP contribution in [0, 0.1) is 35.1 Å². The molecule has 5 aromatic rings. The zero-order chi connectivity index (χ0) is 24.4. The molecule has 0 saturated carbocycles. The molecule has 37 heavy (non-hydrogen) atoms. The third-order valence-electron chi connectivity index (χ3n) is 6.77. The van der Waals surface area contributed by atoms with Crippen LogP contribution in [-0.2, 0) is 32.3 Å². The Morgan fingerprint density at radius 2 is 1.38 bits per heavy atom. The van der Waals surface area contributed by atoms with E-state index >= 15 is 0 Å². The summed E-state index contributed by atoms with van der Waals surface area (Å²) in [6.07, 6.45) is 0.708. The van der Waals surface area contributed by atoms with Crippen molar-refractivity contribution >= 4 is 16.5 Å². The molecule has 1 unspecified atom stereocenters. The first kappa shape index (κ1) is 28.5. The molecule has 1 heterocycles. The summed E-state index contributed by atoms with van der Waals surface area (Å²) < 4.78 is 0. The molecule has 0 aliphatic carbocycles. The SMILES string of the molecule is [CH2-]Cc1ccc2ccccc2c1-c1cccc(C([N-]c2c(C)cccc2C)c2ccccc2C)n1.[CH3-].[Hf]. The number of hydrogen-bond donors (Lipinski definition) is 0. The van der Waals surface area contributed by atoms with Crippen molar-refractivity contribution in [2.24, 2.45) is 0 Å². The second-order valence-electron chi connectivity index (χ2n) is 9.15. The minimum atomic E-state index is -0.200. The Hall–Kier alpha value is -3.04. The van der Waals surface area contributed by atoms with E-state index in [4.69, 9.17) is 10.3 Å². The number of aryl methyl sites for hydroxylation is 3. The molecule has 0 spiro atoms. The molecule has 5 rings (SSSR count). The van der Waals surface area contributed by atoms with Crippen LogP contribution in [0.25, 0.3) is 27.3 Å². The van der Waals surface area contributed by atoms with Gasteiger partial charge in [-0.2, -0.15) is 6.42 Å². The minimum absolute atomic E-state index is 0. The van der Waals surface area contributed by atoms with Crippen LogP contribution in [0.2, 0.25) is 0 Å². The van der Waals surface area contributed by atoms with Crippen molar-refractivity contribution < 1.29 is 25.8 Å². The quantitative estimate of drug-likeness (QED) is 0.133. The van der Waals surface area contributed by atoms with Gasteiger partial charge >= 0.3 is 0 Å². The Balaban J connectivity index is 0.00000190. The maximum absolute atomic E-state index is 5.32. The molecule has 186 valence electrons. The monoisotopic (exact) mass is 649 g/mol. The van der Waals surface area contributed by atoms with E-state index in [1.165, 1.54) is 38.6 Å². The Bertz CT molecular complexity index is 1490. The van der Waals surface area contributed by atoms with Gasteiger partial charge in [-0.25, -0.2) is 0 Å². The van der Waals surface area contributed by atoms with Gasteiger partial charge in [0.25, 0.3) is 0 Å². The van der Waals surface area contributed by atoms with E-state index in [0.29, 0.717) is 6.42 Å². The first-order valence-electron chi connectivity index (χ1n) is 12.2. The first-order valence-corrected chi connectivity index (χ1v) is 12.2. The molecule has 0 saturated heterocycles. The number of benzene rings is 4. The predicted molar refractivity (Wildman–Crippen MR) is 155 cm³/mol. The van der Waals surface area contributed by atoms with Gasteiger partial charge in [0.15, 0.2) is 0 Å². The van der Waals surface area contributed by atoms with E-state index in [2.05, 4.69) is 125 Å². The van der Waals surface area contributed by atoms with Crippen molar-refractivity contribution in [3.63, 3.8) is 0 Å². The molecule has 0 aliphatic rings. The molecular formula is C34H33HfN2-3. The molecule has 0 radical (unpaired) electrons. The van der Waals surface area contributed by atoms with Crippen LogP contribution in [0.3, 0.4) is 0 Å². The number of fused-ring (bicyclic) bond motifs is 1. The van der Waals surface area contributed by atoms with Crippen molar-refractivity contribution in [1.82, 2.24) is 4.98 Å². The second kappa shape index (κ2) is 12.5. The van der Waals surface area contributed by atoms with Gasteiger partial charge in [0.05, 0.1) is 5.69 Å². The van der Waals surface area contributed by atoms with Crippen molar-refractivity contribution in [3.05, 3.63) is 150 Å². The van der Waals surface area contributed by atoms with Gasteiger partial charge in [-0.1, -0.05) is 107 Å². The number of para-hydroxylation sites is 1. The average molecular weight is 648 g/mol. The van der Waals surface area contributed by atoms with Crippen molar-refractivity contribution in [2.75, 3.05) is 0 Å². The normalized spacial score (nSPS) is 11.4. The van der Waals surface area contributed by atoms with E-state index in [1.807, 2.05) is 0 Å². The summed E-state index contributed by atoms with van der Waals surface area (Å²) in [5.41, 5.74) is 10.1. The summed E-state index contributed by atoms with van der Waals surface area (Å²) in [6.45, 7) is 10.6. The van der Waals surface area contributed by atoms with Gasteiger partial charge in [0, 0.05) is 37.1 Å². The third kappa shape index (κ3) is 5.78. The molecular weight excluding hydrogens is 615 g/mol. The number of rotatable bonds is 6. The van der Waals surface area contributed by atoms with Gasteiger partial charge in [-0.15, -0.1) is 5.69 Å². The fourth-order valence-electron chi connectivity index (χ4n) is 4.90. The summed E-state index contributed by atoms with van der Waals surface area (Å²) in [6, 6.07) is 33.8. The zero-order valence-electron chi connectivity index (χ0n) is 22.1. The van der Waals surface area contributed by atoms with Crippen molar-refractivity contribution in [2.45, 2.75) is 33.2 Å². The maximum Gasteiger partial charge on any atom is 0.0712 e. The molecule has 3 heteroatoms. The van der Waals surface area contributed by atoms with Crippen LogP contribution in [0.1, 0.15) is 39.6 Å². The number of pyridine rings is 1. The molecule has 0 fully saturated rings. The maximum atomic E-state index is 5.32. The van der Waals surface area contributed by atoms with Gasteiger partial charge in [0.2, 0.25) is 0 Å². The van der Waals surface area contributed by atoms with E-state index in [9.17, 15) is 0 Å². The predicted octanol–water partition coefficient (Wildman–Crippen LogP) is 9.45. The average Bonchev–Trinajstić information content (AvgIpc) is 2.88. The second-order valence-corrected chi connectivity index (χ2v) is 9.15. The van der Waals surface area contributed by atoms with E-state index in [-0.39, 0.29) is 39.3 Å². The molecule has 1 aromatic heterocycles. The molecule has 2 nitrogen and oxygen atoms in total. The number of aromatic nitrogens is 1. The first-order chi connectivity index (χ1) is 17.1. The topological polar surface area (TPSA) is 27.0 Å². The Morgan fingerprint density at radius 1 is 0.730 bits per heavy atom. The minimum Gasteiger partial charge on any atom is -0.673 e.